The lowest BCUT2D eigenvalue weighted by atomic mass is 10.1. The van der Waals surface area contributed by atoms with Crippen LogP contribution in [-0.4, -0.2) is 30.9 Å². The first-order chi connectivity index (χ1) is 9.66. The molecule has 2 N–H and O–H groups in total. The predicted molar refractivity (Wildman–Crippen MR) is 81.0 cm³/mol. The number of hydrogen-bond acceptors (Lipinski definition) is 5. The molecule has 1 heterocycles. The predicted octanol–water partition coefficient (Wildman–Crippen LogP) is 2.14. The van der Waals surface area contributed by atoms with E-state index >= 15 is 0 Å². The van der Waals surface area contributed by atoms with Gasteiger partial charge in [-0.3, -0.25) is 0 Å². The molecule has 0 radical (unpaired) electrons. The summed E-state index contributed by atoms with van der Waals surface area (Å²) < 4.78 is 5.54. The lowest BCUT2D eigenvalue weighted by Crippen LogP contribution is -2.11. The SMILES string of the molecule is CN(C)c1ccccc1CCCOc1ccc(N)nn1. The topological polar surface area (TPSA) is 64.3 Å². The van der Waals surface area contributed by atoms with E-state index in [4.69, 9.17) is 10.5 Å². The van der Waals surface area contributed by atoms with Crippen LogP contribution in [0.3, 0.4) is 0 Å². The van der Waals surface area contributed by atoms with Crippen molar-refractivity contribution >= 4 is 11.5 Å². The van der Waals surface area contributed by atoms with Crippen LogP contribution in [0.2, 0.25) is 0 Å². The monoisotopic (exact) mass is 272 g/mol. The molecule has 106 valence electrons. The molecule has 0 spiro atoms. The van der Waals surface area contributed by atoms with Gasteiger partial charge in [0.25, 0.3) is 0 Å². The highest BCUT2D eigenvalue weighted by Gasteiger charge is 2.03. The van der Waals surface area contributed by atoms with Gasteiger partial charge in [0.2, 0.25) is 5.88 Å². The first-order valence-electron chi connectivity index (χ1n) is 6.64. The molecule has 0 atom stereocenters. The number of nitrogen functional groups attached to an aromatic ring is 1. The smallest absolute Gasteiger partial charge is 0.233 e. The molecular weight excluding hydrogens is 252 g/mol. The summed E-state index contributed by atoms with van der Waals surface area (Å²) >= 11 is 0. The lowest BCUT2D eigenvalue weighted by Gasteiger charge is -2.17. The van der Waals surface area contributed by atoms with Gasteiger partial charge < -0.3 is 15.4 Å². The Kier molecular flexibility index (Phi) is 4.76. The lowest BCUT2D eigenvalue weighted by molar-refractivity contribution is 0.296. The molecule has 0 aliphatic carbocycles. The number of para-hydroxylation sites is 1. The highest BCUT2D eigenvalue weighted by Crippen LogP contribution is 2.19. The number of anilines is 2. The van der Waals surface area contributed by atoms with Gasteiger partial charge in [-0.25, -0.2) is 0 Å². The maximum Gasteiger partial charge on any atom is 0.233 e. The highest BCUT2D eigenvalue weighted by atomic mass is 16.5. The molecule has 1 aromatic heterocycles. The second-order valence-electron chi connectivity index (χ2n) is 4.77. The normalized spacial score (nSPS) is 10.3. The van der Waals surface area contributed by atoms with Crippen LogP contribution in [0.4, 0.5) is 11.5 Å². The zero-order chi connectivity index (χ0) is 14.4. The average molecular weight is 272 g/mol. The van der Waals surface area contributed by atoms with E-state index in [1.807, 2.05) is 0 Å². The van der Waals surface area contributed by atoms with Crippen molar-refractivity contribution < 1.29 is 4.74 Å². The van der Waals surface area contributed by atoms with Crippen LogP contribution in [0.25, 0.3) is 0 Å². The zero-order valence-electron chi connectivity index (χ0n) is 11.9. The van der Waals surface area contributed by atoms with Crippen molar-refractivity contribution in [3.8, 4) is 5.88 Å². The molecule has 0 unspecified atom stereocenters. The van der Waals surface area contributed by atoms with E-state index in [1.165, 1.54) is 11.3 Å². The van der Waals surface area contributed by atoms with E-state index in [0.717, 1.165) is 12.8 Å². The standard InChI is InChI=1S/C15H20N4O/c1-19(2)13-8-4-3-6-12(13)7-5-11-20-15-10-9-14(16)17-18-15/h3-4,6,8-10H,5,7,11H2,1-2H3,(H2,16,17). The summed E-state index contributed by atoms with van der Waals surface area (Å²) in [5.41, 5.74) is 8.04. The quantitative estimate of drug-likeness (QED) is 0.816. The molecule has 5 heteroatoms. The van der Waals surface area contributed by atoms with Crippen LogP contribution in [0.1, 0.15) is 12.0 Å². The summed E-state index contributed by atoms with van der Waals surface area (Å²) in [6, 6.07) is 11.8. The molecule has 0 saturated carbocycles. The van der Waals surface area contributed by atoms with Gasteiger partial charge in [-0.15, -0.1) is 10.2 Å². The number of aromatic nitrogens is 2. The van der Waals surface area contributed by atoms with Crippen LogP contribution < -0.4 is 15.4 Å². The van der Waals surface area contributed by atoms with Crippen LogP contribution in [0, 0.1) is 0 Å². The molecule has 5 nitrogen and oxygen atoms in total. The van der Waals surface area contributed by atoms with E-state index in [2.05, 4.69) is 53.5 Å². The van der Waals surface area contributed by atoms with Gasteiger partial charge in [0, 0.05) is 25.8 Å². The number of benzene rings is 1. The van der Waals surface area contributed by atoms with Gasteiger partial charge in [0.1, 0.15) is 5.82 Å². The fourth-order valence-corrected chi connectivity index (χ4v) is 2.01. The summed E-state index contributed by atoms with van der Waals surface area (Å²) in [6.45, 7) is 0.611. The Morgan fingerprint density at radius 3 is 2.60 bits per heavy atom. The third kappa shape index (κ3) is 3.85. The maximum atomic E-state index is 5.54. The minimum atomic E-state index is 0.400. The van der Waals surface area contributed by atoms with Gasteiger partial charge in [-0.2, -0.15) is 0 Å². The van der Waals surface area contributed by atoms with Gasteiger partial charge in [-0.1, -0.05) is 18.2 Å². The maximum absolute atomic E-state index is 5.54. The molecule has 2 aromatic rings. The van der Waals surface area contributed by atoms with Crippen LogP contribution >= 0.6 is 0 Å². The van der Waals surface area contributed by atoms with Crippen molar-refractivity contribution in [2.45, 2.75) is 12.8 Å². The average Bonchev–Trinajstić information content (AvgIpc) is 2.46. The van der Waals surface area contributed by atoms with Crippen molar-refractivity contribution in [2.75, 3.05) is 31.3 Å². The first-order valence-corrected chi connectivity index (χ1v) is 6.64. The Balaban J connectivity index is 1.83. The third-order valence-corrected chi connectivity index (χ3v) is 2.97. The summed E-state index contributed by atoms with van der Waals surface area (Å²) in [7, 11) is 4.11. The van der Waals surface area contributed by atoms with Crippen molar-refractivity contribution in [1.82, 2.24) is 10.2 Å². The summed E-state index contributed by atoms with van der Waals surface area (Å²) in [4.78, 5) is 2.13. The Bertz CT molecular complexity index is 540. The second-order valence-corrected chi connectivity index (χ2v) is 4.77. The fourth-order valence-electron chi connectivity index (χ4n) is 2.01. The van der Waals surface area contributed by atoms with Crippen molar-refractivity contribution in [2.24, 2.45) is 0 Å². The number of rotatable bonds is 6. The fraction of sp³-hybridized carbons (Fsp3) is 0.333. The summed E-state index contributed by atoms with van der Waals surface area (Å²) in [5, 5.41) is 7.61. The Morgan fingerprint density at radius 1 is 1.10 bits per heavy atom. The molecule has 0 aliphatic rings. The minimum absolute atomic E-state index is 0.400. The van der Waals surface area contributed by atoms with Gasteiger partial charge in [-0.05, 0) is 30.5 Å². The summed E-state index contributed by atoms with van der Waals surface area (Å²) in [6.07, 6.45) is 1.90. The van der Waals surface area contributed by atoms with E-state index in [-0.39, 0.29) is 0 Å². The van der Waals surface area contributed by atoms with Crippen LogP contribution in [0.5, 0.6) is 5.88 Å². The van der Waals surface area contributed by atoms with E-state index in [1.54, 1.807) is 12.1 Å². The first kappa shape index (κ1) is 14.1. The van der Waals surface area contributed by atoms with E-state index in [0.29, 0.717) is 18.3 Å². The second kappa shape index (κ2) is 6.75. The molecule has 0 saturated heterocycles. The number of aryl methyl sites for hydroxylation is 1. The number of hydrogen-bond donors (Lipinski definition) is 1. The third-order valence-electron chi connectivity index (χ3n) is 2.97. The van der Waals surface area contributed by atoms with Crippen LogP contribution in [0.15, 0.2) is 36.4 Å². The Hall–Kier alpha value is -2.30. The molecule has 1 aromatic carbocycles. The summed E-state index contributed by atoms with van der Waals surface area (Å²) in [5.74, 6) is 0.914. The molecule has 0 fully saturated rings. The van der Waals surface area contributed by atoms with E-state index in [9.17, 15) is 0 Å². The van der Waals surface area contributed by atoms with Crippen molar-refractivity contribution in [3.63, 3.8) is 0 Å². The molecule has 0 amide bonds. The van der Waals surface area contributed by atoms with Crippen LogP contribution in [-0.2, 0) is 6.42 Å². The number of nitrogens with zero attached hydrogens (tertiary/aromatic N) is 3. The Morgan fingerprint density at radius 2 is 1.90 bits per heavy atom. The molecule has 0 bridgehead atoms. The molecule has 2 rings (SSSR count). The molecular formula is C15H20N4O. The number of nitrogens with two attached hydrogens (primary N) is 1. The highest BCUT2D eigenvalue weighted by molar-refractivity contribution is 5.52. The molecule has 20 heavy (non-hydrogen) atoms. The number of ether oxygens (including phenoxy) is 1. The van der Waals surface area contributed by atoms with Crippen molar-refractivity contribution in [3.05, 3.63) is 42.0 Å². The van der Waals surface area contributed by atoms with Gasteiger partial charge in [0.15, 0.2) is 0 Å². The minimum Gasteiger partial charge on any atom is -0.477 e. The Labute approximate surface area is 119 Å². The van der Waals surface area contributed by atoms with Crippen molar-refractivity contribution in [1.29, 1.82) is 0 Å². The van der Waals surface area contributed by atoms with Gasteiger partial charge >= 0.3 is 0 Å². The largest absolute Gasteiger partial charge is 0.477 e. The zero-order valence-corrected chi connectivity index (χ0v) is 11.9. The van der Waals surface area contributed by atoms with Gasteiger partial charge in [0.05, 0.1) is 6.61 Å². The molecule has 0 aliphatic heterocycles. The van der Waals surface area contributed by atoms with E-state index < -0.39 is 0 Å².